The van der Waals surface area contributed by atoms with Gasteiger partial charge < -0.3 is 14.4 Å². The lowest BCUT2D eigenvalue weighted by Gasteiger charge is -2.41. The minimum atomic E-state index is 0.251. The molecule has 7 heteroatoms. The molecule has 2 aromatic rings. The topological polar surface area (TPSA) is 55.7 Å². The molecule has 2 atom stereocenters. The maximum Gasteiger partial charge on any atom is 0.123 e. The number of benzene rings is 1. The summed E-state index contributed by atoms with van der Waals surface area (Å²) < 4.78 is 13.6. The molecule has 2 aliphatic rings. The van der Waals surface area contributed by atoms with Crippen molar-refractivity contribution in [2.45, 2.75) is 38.3 Å². The van der Waals surface area contributed by atoms with Gasteiger partial charge in [0.15, 0.2) is 0 Å². The molecule has 0 amide bonds. The van der Waals surface area contributed by atoms with Crippen LogP contribution in [-0.4, -0.2) is 65.2 Å². The number of piperidine rings is 1. The quantitative estimate of drug-likeness (QED) is 0.812. The van der Waals surface area contributed by atoms with Crippen molar-refractivity contribution < 1.29 is 9.47 Å². The Bertz CT molecular complexity index is 760. The van der Waals surface area contributed by atoms with Crippen LogP contribution in [0, 0.1) is 0 Å². The maximum absolute atomic E-state index is 6.01. The van der Waals surface area contributed by atoms with Gasteiger partial charge in [0.1, 0.15) is 5.75 Å². The van der Waals surface area contributed by atoms with Gasteiger partial charge in [-0.1, -0.05) is 11.3 Å². The zero-order valence-corrected chi connectivity index (χ0v) is 15.8. The van der Waals surface area contributed by atoms with Crippen LogP contribution in [0.2, 0.25) is 0 Å². The first-order valence-corrected chi connectivity index (χ1v) is 9.17. The number of fused-ring (bicyclic) bond motifs is 3. The summed E-state index contributed by atoms with van der Waals surface area (Å²) in [5, 5.41) is 8.35. The van der Waals surface area contributed by atoms with Gasteiger partial charge in [0.05, 0.1) is 37.8 Å². The molecule has 0 aliphatic carbocycles. The van der Waals surface area contributed by atoms with E-state index in [0.717, 1.165) is 44.0 Å². The molecule has 140 valence electrons. The van der Waals surface area contributed by atoms with E-state index >= 15 is 0 Å². The van der Waals surface area contributed by atoms with Crippen molar-refractivity contribution in [3.8, 4) is 5.75 Å². The standard InChI is InChI=1S/C19H27N5O2/c1-22(2)11-15-8-14(4-5-18(15)25-3)10-23-7-6-19-17(12-23)24-16(13-26-19)9-20-21-24/h4-5,8-9,17,19H,6-7,10-13H2,1-3H3/t17-,19-/m1/s1. The van der Waals surface area contributed by atoms with E-state index in [-0.39, 0.29) is 12.1 Å². The molecule has 1 aromatic heterocycles. The van der Waals surface area contributed by atoms with Gasteiger partial charge in [-0.05, 0) is 38.2 Å². The summed E-state index contributed by atoms with van der Waals surface area (Å²) in [6.45, 7) is 4.41. The van der Waals surface area contributed by atoms with Crippen LogP contribution in [0.15, 0.2) is 24.4 Å². The highest BCUT2D eigenvalue weighted by molar-refractivity contribution is 5.37. The fourth-order valence-corrected chi connectivity index (χ4v) is 4.04. The Labute approximate surface area is 154 Å². The predicted molar refractivity (Wildman–Crippen MR) is 97.9 cm³/mol. The molecule has 0 radical (unpaired) electrons. The number of aromatic nitrogens is 3. The van der Waals surface area contributed by atoms with Gasteiger partial charge in [0.25, 0.3) is 0 Å². The van der Waals surface area contributed by atoms with E-state index in [2.05, 4.69) is 57.1 Å². The van der Waals surface area contributed by atoms with Crippen LogP contribution in [0.4, 0.5) is 0 Å². The summed E-state index contributed by atoms with van der Waals surface area (Å²) in [4.78, 5) is 4.65. The first kappa shape index (κ1) is 17.5. The minimum absolute atomic E-state index is 0.251. The van der Waals surface area contributed by atoms with Crippen LogP contribution >= 0.6 is 0 Å². The third-order valence-electron chi connectivity index (χ3n) is 5.25. The average Bonchev–Trinajstić information content (AvgIpc) is 3.11. The number of nitrogens with zero attached hydrogens (tertiary/aromatic N) is 5. The molecule has 1 aromatic carbocycles. The second-order valence-electron chi connectivity index (χ2n) is 7.49. The molecule has 3 heterocycles. The molecular formula is C19H27N5O2. The number of likely N-dealkylation sites (tertiary alicyclic amines) is 1. The fraction of sp³-hybridized carbons (Fsp3) is 0.579. The SMILES string of the molecule is COc1ccc(CN2CC[C@H]3OCc4cnnn4[C@@H]3C2)cc1CN(C)C. The molecule has 0 bridgehead atoms. The molecule has 0 unspecified atom stereocenters. The molecule has 7 nitrogen and oxygen atoms in total. The van der Waals surface area contributed by atoms with Gasteiger partial charge in [-0.2, -0.15) is 0 Å². The Morgan fingerprint density at radius 2 is 2.23 bits per heavy atom. The van der Waals surface area contributed by atoms with Gasteiger partial charge >= 0.3 is 0 Å². The zero-order chi connectivity index (χ0) is 18.1. The van der Waals surface area contributed by atoms with E-state index in [1.54, 1.807) is 7.11 Å². The van der Waals surface area contributed by atoms with E-state index in [9.17, 15) is 0 Å². The van der Waals surface area contributed by atoms with Crippen molar-refractivity contribution in [3.05, 3.63) is 41.2 Å². The Balaban J connectivity index is 1.48. The molecule has 0 saturated carbocycles. The summed E-state index contributed by atoms with van der Waals surface area (Å²) in [5.74, 6) is 0.953. The highest BCUT2D eigenvalue weighted by atomic mass is 16.5. The average molecular weight is 357 g/mol. The van der Waals surface area contributed by atoms with Crippen LogP contribution in [0.1, 0.15) is 29.3 Å². The Hall–Kier alpha value is -1.96. The smallest absolute Gasteiger partial charge is 0.123 e. The number of rotatable bonds is 5. The summed E-state index contributed by atoms with van der Waals surface area (Å²) in [6, 6.07) is 6.78. The van der Waals surface area contributed by atoms with Gasteiger partial charge in [-0.25, -0.2) is 4.68 Å². The third kappa shape index (κ3) is 3.47. The first-order valence-electron chi connectivity index (χ1n) is 9.17. The van der Waals surface area contributed by atoms with Crippen LogP contribution < -0.4 is 4.74 Å². The second-order valence-corrected chi connectivity index (χ2v) is 7.49. The summed E-state index contributed by atoms with van der Waals surface area (Å²) in [7, 11) is 5.89. The lowest BCUT2D eigenvalue weighted by atomic mass is 9.99. The van der Waals surface area contributed by atoms with E-state index < -0.39 is 0 Å². The molecule has 0 spiro atoms. The monoisotopic (exact) mass is 357 g/mol. The van der Waals surface area contributed by atoms with Crippen molar-refractivity contribution in [2.75, 3.05) is 34.3 Å². The fourth-order valence-electron chi connectivity index (χ4n) is 4.04. The van der Waals surface area contributed by atoms with Gasteiger partial charge in [-0.3, -0.25) is 4.90 Å². The summed E-state index contributed by atoms with van der Waals surface area (Å²) >= 11 is 0. The molecule has 1 saturated heterocycles. The largest absolute Gasteiger partial charge is 0.496 e. The van der Waals surface area contributed by atoms with Gasteiger partial charge in [0, 0.05) is 31.7 Å². The van der Waals surface area contributed by atoms with Crippen LogP contribution in [-0.2, 0) is 24.4 Å². The van der Waals surface area contributed by atoms with Gasteiger partial charge in [-0.15, -0.1) is 5.10 Å². The molecule has 4 rings (SSSR count). The molecule has 2 aliphatic heterocycles. The number of hydrogen-bond donors (Lipinski definition) is 0. The molecule has 0 N–H and O–H groups in total. The molecular weight excluding hydrogens is 330 g/mol. The predicted octanol–water partition coefficient (Wildman–Crippen LogP) is 1.69. The van der Waals surface area contributed by atoms with Crippen molar-refractivity contribution >= 4 is 0 Å². The minimum Gasteiger partial charge on any atom is -0.496 e. The van der Waals surface area contributed by atoms with Crippen molar-refractivity contribution in [3.63, 3.8) is 0 Å². The Kier molecular flexibility index (Phi) is 4.93. The van der Waals surface area contributed by atoms with E-state index in [1.165, 1.54) is 11.1 Å². The third-order valence-corrected chi connectivity index (χ3v) is 5.25. The van der Waals surface area contributed by atoms with Crippen molar-refractivity contribution in [1.29, 1.82) is 0 Å². The van der Waals surface area contributed by atoms with E-state index in [0.29, 0.717) is 6.61 Å². The molecule has 1 fully saturated rings. The Morgan fingerprint density at radius 1 is 1.35 bits per heavy atom. The summed E-state index contributed by atoms with van der Waals surface area (Å²) in [6.07, 6.45) is 3.09. The van der Waals surface area contributed by atoms with E-state index in [1.807, 2.05) is 6.20 Å². The summed E-state index contributed by atoms with van der Waals surface area (Å²) in [5.41, 5.74) is 3.62. The molecule has 26 heavy (non-hydrogen) atoms. The maximum atomic E-state index is 6.01. The van der Waals surface area contributed by atoms with E-state index in [4.69, 9.17) is 9.47 Å². The Morgan fingerprint density at radius 3 is 3.04 bits per heavy atom. The van der Waals surface area contributed by atoms with Crippen LogP contribution in [0.25, 0.3) is 0 Å². The first-order chi connectivity index (χ1) is 12.6. The van der Waals surface area contributed by atoms with Crippen molar-refractivity contribution in [1.82, 2.24) is 24.8 Å². The highest BCUT2D eigenvalue weighted by Crippen LogP contribution is 2.31. The van der Waals surface area contributed by atoms with Crippen molar-refractivity contribution in [2.24, 2.45) is 0 Å². The lowest BCUT2D eigenvalue weighted by molar-refractivity contribution is -0.0669. The zero-order valence-electron chi connectivity index (χ0n) is 15.8. The number of methoxy groups -OCH3 is 1. The number of hydrogen-bond acceptors (Lipinski definition) is 6. The number of ether oxygens (including phenoxy) is 2. The van der Waals surface area contributed by atoms with Crippen LogP contribution in [0.3, 0.4) is 0 Å². The normalized spacial score (nSPS) is 22.9. The lowest BCUT2D eigenvalue weighted by Crippen LogP contribution is -2.47. The highest BCUT2D eigenvalue weighted by Gasteiger charge is 2.36. The van der Waals surface area contributed by atoms with Crippen LogP contribution in [0.5, 0.6) is 5.75 Å². The second kappa shape index (κ2) is 7.34. The van der Waals surface area contributed by atoms with Gasteiger partial charge in [0.2, 0.25) is 0 Å².